The number of nitrogens with zero attached hydrogens (tertiary/aromatic N) is 3. The molecule has 0 radical (unpaired) electrons. The van der Waals surface area contributed by atoms with Crippen molar-refractivity contribution in [3.63, 3.8) is 0 Å². The van der Waals surface area contributed by atoms with E-state index < -0.39 is 18.0 Å². The summed E-state index contributed by atoms with van der Waals surface area (Å²) in [7, 11) is 0. The van der Waals surface area contributed by atoms with Crippen molar-refractivity contribution in [3.8, 4) is 22.9 Å². The third kappa shape index (κ3) is 9.07. The summed E-state index contributed by atoms with van der Waals surface area (Å²) in [4.78, 5) is 33.2. The average molecular weight is 735 g/mol. The molecule has 2 heterocycles. The number of nitrogens with two attached hydrogens (primary N) is 1. The van der Waals surface area contributed by atoms with Crippen molar-refractivity contribution in [2.45, 2.75) is 71.0 Å². The molecule has 1 aromatic heterocycles. The van der Waals surface area contributed by atoms with Crippen LogP contribution in [0.5, 0.6) is 11.5 Å². The molecule has 4 N–H and O–H groups in total. The Labute approximate surface area is 323 Å². The van der Waals surface area contributed by atoms with Crippen molar-refractivity contribution in [1.29, 1.82) is 0 Å². The Bertz CT molecular complexity index is 2270. The highest BCUT2D eigenvalue weighted by atomic mass is 16.5. The van der Waals surface area contributed by atoms with Crippen LogP contribution in [0.4, 0.5) is 10.5 Å². The zero-order chi connectivity index (χ0) is 38.5. The zero-order valence-electron chi connectivity index (χ0n) is 32.1. The summed E-state index contributed by atoms with van der Waals surface area (Å²) in [6, 6.07) is 39.7. The van der Waals surface area contributed by atoms with Crippen LogP contribution in [0.1, 0.15) is 74.4 Å². The lowest BCUT2D eigenvalue weighted by atomic mass is 9.87. The second-order valence-corrected chi connectivity index (χ2v) is 15.6. The van der Waals surface area contributed by atoms with Crippen LogP contribution < -0.4 is 21.1 Å². The van der Waals surface area contributed by atoms with Crippen LogP contribution in [0, 0.1) is 6.92 Å². The van der Waals surface area contributed by atoms with Crippen LogP contribution in [-0.4, -0.2) is 39.5 Å². The Morgan fingerprint density at radius 1 is 0.855 bits per heavy atom. The summed E-state index contributed by atoms with van der Waals surface area (Å²) in [6.07, 6.45) is 1.87. The van der Waals surface area contributed by atoms with Gasteiger partial charge in [-0.3, -0.25) is 9.69 Å². The predicted molar refractivity (Wildman–Crippen MR) is 220 cm³/mol. The fraction of sp³-hybridized carbons (Fsp3) is 0.283. The number of carbonyl (C=O) groups is 2. The van der Waals surface area contributed by atoms with Crippen LogP contribution in [0.15, 0.2) is 121 Å². The lowest BCUT2D eigenvalue weighted by Crippen LogP contribution is -2.35. The number of para-hydroxylation sites is 1. The number of aryl methyl sites for hydroxylation is 1. The van der Waals surface area contributed by atoms with E-state index in [1.165, 1.54) is 11.1 Å². The van der Waals surface area contributed by atoms with Crippen molar-refractivity contribution in [3.05, 3.63) is 144 Å². The largest absolute Gasteiger partial charge is 0.457 e. The molecule has 5 aromatic carbocycles. The molecule has 0 aliphatic carbocycles. The molecular weight excluding hydrogens is 685 g/mol. The van der Waals surface area contributed by atoms with Gasteiger partial charge in [0.1, 0.15) is 17.3 Å². The number of piperidine rings is 1. The van der Waals surface area contributed by atoms with Gasteiger partial charge in [-0.2, -0.15) is 0 Å². The molecule has 1 unspecified atom stereocenters. The van der Waals surface area contributed by atoms with Gasteiger partial charge in [-0.05, 0) is 89.9 Å². The maximum absolute atomic E-state index is 13.2. The first-order valence-electron chi connectivity index (χ1n) is 19.1. The van der Waals surface area contributed by atoms with Gasteiger partial charge in [0.15, 0.2) is 0 Å². The van der Waals surface area contributed by atoms with Crippen molar-refractivity contribution in [2.75, 3.05) is 18.4 Å². The first kappa shape index (κ1) is 37.4. The number of hydrogen-bond acceptors (Lipinski definition) is 5. The molecular formula is C46H50N6O3. The number of imidazole rings is 1. The third-order valence-electron chi connectivity index (χ3n) is 10.4. The molecule has 9 heteroatoms. The number of aromatic nitrogens is 2. The number of carbonyl (C=O) groups excluding carboxylic acids is 2. The van der Waals surface area contributed by atoms with Gasteiger partial charge in [-0.15, -0.1) is 0 Å². The van der Waals surface area contributed by atoms with E-state index in [1.807, 2.05) is 73.7 Å². The monoisotopic (exact) mass is 734 g/mol. The van der Waals surface area contributed by atoms with Gasteiger partial charge in [-0.1, -0.05) is 99.6 Å². The van der Waals surface area contributed by atoms with Gasteiger partial charge in [0, 0.05) is 36.9 Å². The Morgan fingerprint density at radius 3 is 2.29 bits per heavy atom. The Kier molecular flexibility index (Phi) is 11.0. The van der Waals surface area contributed by atoms with Crippen molar-refractivity contribution in [2.24, 2.45) is 5.73 Å². The number of ether oxygens (including phenoxy) is 1. The molecule has 0 saturated carbocycles. The highest BCUT2D eigenvalue weighted by Gasteiger charge is 2.27. The molecule has 1 aliphatic rings. The molecule has 6 aromatic rings. The smallest absolute Gasteiger partial charge is 0.319 e. The lowest BCUT2D eigenvalue weighted by molar-refractivity contribution is -0.118. The van der Waals surface area contributed by atoms with Crippen molar-refractivity contribution < 1.29 is 14.3 Å². The number of rotatable bonds is 11. The van der Waals surface area contributed by atoms with Gasteiger partial charge < -0.3 is 25.7 Å². The number of hydrogen-bond donors (Lipinski definition) is 3. The summed E-state index contributed by atoms with van der Waals surface area (Å²) < 4.78 is 8.75. The number of nitrogens with one attached hydrogen (secondary N) is 2. The Morgan fingerprint density at radius 2 is 1.58 bits per heavy atom. The van der Waals surface area contributed by atoms with E-state index >= 15 is 0 Å². The third-order valence-corrected chi connectivity index (χ3v) is 10.4. The molecule has 0 spiro atoms. The number of fused-ring (bicyclic) bond motifs is 1. The summed E-state index contributed by atoms with van der Waals surface area (Å²) in [5, 5.41) is 5.89. The van der Waals surface area contributed by atoms with Gasteiger partial charge in [0.25, 0.3) is 0 Å². The maximum Gasteiger partial charge on any atom is 0.319 e. The lowest BCUT2D eigenvalue weighted by Gasteiger charge is -2.33. The molecule has 0 bridgehead atoms. The standard InChI is InChI=1S/C46H50N6O3/c1-31-11-8-9-16-39(31)49-45(54)50-40(29-43(47)53)33-17-22-42-41(28-33)48-44(52(42)36-23-25-51(26-24-36)30-32-12-6-5-7-13-32)34-14-10-15-38(27-34)55-37-20-18-35(19-21-37)46(2,3)4/h5-22,27-28,36,40H,23-26,29-30H2,1-4H3,(H2,47,53)(H2,49,50,54). The summed E-state index contributed by atoms with van der Waals surface area (Å²) in [5.74, 6) is 1.83. The highest BCUT2D eigenvalue weighted by molar-refractivity contribution is 5.91. The minimum Gasteiger partial charge on any atom is -0.457 e. The summed E-state index contributed by atoms with van der Waals surface area (Å²) >= 11 is 0. The number of anilines is 1. The molecule has 1 fully saturated rings. The minimum atomic E-state index is -0.651. The minimum absolute atomic E-state index is 0.0543. The van der Waals surface area contributed by atoms with E-state index in [4.69, 9.17) is 15.5 Å². The molecule has 55 heavy (non-hydrogen) atoms. The first-order chi connectivity index (χ1) is 26.5. The van der Waals surface area contributed by atoms with E-state index in [0.29, 0.717) is 5.69 Å². The number of amides is 3. The molecule has 1 saturated heterocycles. The van der Waals surface area contributed by atoms with Gasteiger partial charge in [0.2, 0.25) is 5.91 Å². The predicted octanol–water partition coefficient (Wildman–Crippen LogP) is 9.68. The summed E-state index contributed by atoms with van der Waals surface area (Å²) in [5.41, 5.74) is 13.4. The van der Waals surface area contributed by atoms with E-state index in [9.17, 15) is 9.59 Å². The quantitative estimate of drug-likeness (QED) is 0.123. The van der Waals surface area contributed by atoms with Gasteiger partial charge in [0.05, 0.1) is 23.5 Å². The summed E-state index contributed by atoms with van der Waals surface area (Å²) in [6.45, 7) is 11.4. The molecule has 1 aliphatic heterocycles. The molecule has 7 rings (SSSR count). The molecule has 3 amide bonds. The number of benzene rings is 5. The number of likely N-dealkylation sites (tertiary alicyclic amines) is 1. The van der Waals surface area contributed by atoms with Gasteiger partial charge in [-0.25, -0.2) is 9.78 Å². The number of primary amides is 1. The Hall–Kier alpha value is -5.93. The fourth-order valence-electron chi connectivity index (χ4n) is 7.42. The second kappa shape index (κ2) is 16.2. The van der Waals surface area contributed by atoms with Crippen LogP contribution in [-0.2, 0) is 16.8 Å². The van der Waals surface area contributed by atoms with Crippen LogP contribution in [0.2, 0.25) is 0 Å². The average Bonchev–Trinajstić information content (AvgIpc) is 3.55. The van der Waals surface area contributed by atoms with Gasteiger partial charge >= 0.3 is 6.03 Å². The highest BCUT2D eigenvalue weighted by Crippen LogP contribution is 2.37. The fourth-order valence-corrected chi connectivity index (χ4v) is 7.42. The normalized spacial score (nSPS) is 14.4. The maximum atomic E-state index is 13.2. The zero-order valence-corrected chi connectivity index (χ0v) is 32.1. The Balaban J connectivity index is 1.21. The van der Waals surface area contributed by atoms with Crippen LogP contribution >= 0.6 is 0 Å². The van der Waals surface area contributed by atoms with E-state index in [2.05, 4.69) is 95.5 Å². The SMILES string of the molecule is Cc1ccccc1NC(=O)NC(CC(N)=O)c1ccc2c(c1)nc(-c1cccc(Oc3ccc(C(C)(C)C)cc3)c1)n2C1CCN(Cc2ccccc2)CC1. The van der Waals surface area contributed by atoms with Crippen molar-refractivity contribution in [1.82, 2.24) is 19.8 Å². The van der Waals surface area contributed by atoms with E-state index in [-0.39, 0.29) is 17.9 Å². The molecule has 282 valence electrons. The topological polar surface area (TPSA) is 115 Å². The van der Waals surface area contributed by atoms with Crippen LogP contribution in [0.3, 0.4) is 0 Å². The number of urea groups is 1. The molecule has 1 atom stereocenters. The van der Waals surface area contributed by atoms with Crippen LogP contribution in [0.25, 0.3) is 22.4 Å². The molecule has 9 nitrogen and oxygen atoms in total. The first-order valence-corrected chi connectivity index (χ1v) is 19.1. The van der Waals surface area contributed by atoms with E-state index in [1.54, 1.807) is 0 Å². The second-order valence-electron chi connectivity index (χ2n) is 15.6. The van der Waals surface area contributed by atoms with E-state index in [0.717, 1.165) is 77.5 Å². The van der Waals surface area contributed by atoms with Crippen molar-refractivity contribution >= 4 is 28.7 Å².